The summed E-state index contributed by atoms with van der Waals surface area (Å²) >= 11 is 6.06. The third-order valence-electron chi connectivity index (χ3n) is 5.04. The van der Waals surface area contributed by atoms with E-state index < -0.39 is 22.8 Å². The fourth-order valence-corrected chi connectivity index (χ4v) is 3.46. The van der Waals surface area contributed by atoms with Gasteiger partial charge in [0.15, 0.2) is 0 Å². The number of nitrogens with zero attached hydrogens (tertiary/aromatic N) is 3. The number of rotatable bonds is 10. The molecule has 1 unspecified atom stereocenters. The second kappa shape index (κ2) is 12.0. The molecule has 0 fully saturated rings. The first kappa shape index (κ1) is 25.8. The summed E-state index contributed by atoms with van der Waals surface area (Å²) in [7, 11) is 0. The molecule has 10 heteroatoms. The Balaban J connectivity index is 2.13. The fraction of sp³-hybridized carbons (Fsp3) is 0.348. The molecule has 1 atom stereocenters. The lowest BCUT2D eigenvalue weighted by Crippen LogP contribution is -2.48. The Hall–Kier alpha value is -3.46. The molecule has 0 spiro atoms. The maximum absolute atomic E-state index is 12.6. The highest BCUT2D eigenvalue weighted by atomic mass is 35.5. The summed E-state index contributed by atoms with van der Waals surface area (Å²) in [4.78, 5) is 38.1. The largest absolute Gasteiger partial charge is 0.367 e. The van der Waals surface area contributed by atoms with Gasteiger partial charge in [0.2, 0.25) is 0 Å². The predicted octanol–water partition coefficient (Wildman–Crippen LogP) is 4.00. The minimum Gasteiger partial charge on any atom is -0.367 e. The number of anilines is 1. The van der Waals surface area contributed by atoms with Crippen molar-refractivity contribution in [2.45, 2.75) is 33.7 Å². The maximum atomic E-state index is 12.6. The van der Waals surface area contributed by atoms with Crippen LogP contribution >= 0.6 is 11.6 Å². The van der Waals surface area contributed by atoms with Gasteiger partial charge in [0.25, 0.3) is 17.5 Å². The standard InChI is InChI=1S/C23H28ClN5O4/c1-5-28(6-2)19-12-11-16(13-20(19)29(32)33)14-25-27-23(31)21(15(3)4)26-22(30)17-9-7-8-10-18(17)24/h7-15,21H,5-6H2,1-4H3,(H,26,30)(H,27,31). The van der Waals surface area contributed by atoms with Crippen molar-refractivity contribution >= 4 is 41.0 Å². The summed E-state index contributed by atoms with van der Waals surface area (Å²) in [5, 5.41) is 18.4. The molecule has 0 radical (unpaired) electrons. The van der Waals surface area contributed by atoms with Gasteiger partial charge in [-0.1, -0.05) is 43.6 Å². The van der Waals surface area contributed by atoms with E-state index in [2.05, 4.69) is 15.8 Å². The summed E-state index contributed by atoms with van der Waals surface area (Å²) in [5.74, 6) is -1.21. The monoisotopic (exact) mass is 473 g/mol. The zero-order valence-corrected chi connectivity index (χ0v) is 19.8. The van der Waals surface area contributed by atoms with E-state index in [9.17, 15) is 19.7 Å². The Labute approximate surface area is 198 Å². The summed E-state index contributed by atoms with van der Waals surface area (Å²) in [6.45, 7) is 8.70. The molecule has 9 nitrogen and oxygen atoms in total. The average Bonchev–Trinajstić information content (AvgIpc) is 2.78. The number of nitro benzene ring substituents is 1. The van der Waals surface area contributed by atoms with Gasteiger partial charge >= 0.3 is 0 Å². The number of halogens is 1. The van der Waals surface area contributed by atoms with Crippen LogP contribution in [-0.4, -0.2) is 42.1 Å². The van der Waals surface area contributed by atoms with Gasteiger partial charge in [0.05, 0.1) is 21.7 Å². The highest BCUT2D eigenvalue weighted by Gasteiger charge is 2.25. The molecule has 0 bridgehead atoms. The summed E-state index contributed by atoms with van der Waals surface area (Å²) in [6, 6.07) is 10.5. The van der Waals surface area contributed by atoms with E-state index in [0.717, 1.165) is 0 Å². The lowest BCUT2D eigenvalue weighted by Gasteiger charge is -2.21. The Bertz CT molecular complexity index is 1040. The highest BCUT2D eigenvalue weighted by Crippen LogP contribution is 2.28. The minimum absolute atomic E-state index is 0.0407. The van der Waals surface area contributed by atoms with Crippen LogP contribution in [0.5, 0.6) is 0 Å². The molecule has 0 aliphatic heterocycles. The van der Waals surface area contributed by atoms with Gasteiger partial charge in [0, 0.05) is 24.7 Å². The summed E-state index contributed by atoms with van der Waals surface area (Å²) in [6.07, 6.45) is 1.32. The van der Waals surface area contributed by atoms with Gasteiger partial charge in [0.1, 0.15) is 11.7 Å². The molecule has 0 saturated carbocycles. The number of carbonyl (C=O) groups excluding carboxylic acids is 2. The molecule has 0 aliphatic carbocycles. The molecule has 176 valence electrons. The summed E-state index contributed by atoms with van der Waals surface area (Å²) in [5.41, 5.74) is 3.60. The number of nitro groups is 1. The van der Waals surface area contributed by atoms with Gasteiger partial charge in [-0.3, -0.25) is 19.7 Å². The normalized spacial score (nSPS) is 11.9. The zero-order valence-electron chi connectivity index (χ0n) is 19.0. The number of hydrogen-bond donors (Lipinski definition) is 2. The quantitative estimate of drug-likeness (QED) is 0.307. The topological polar surface area (TPSA) is 117 Å². The molecular weight excluding hydrogens is 446 g/mol. The van der Waals surface area contributed by atoms with E-state index in [-0.39, 0.29) is 22.2 Å². The zero-order chi connectivity index (χ0) is 24.5. The van der Waals surface area contributed by atoms with Crippen molar-refractivity contribution in [3.8, 4) is 0 Å². The molecule has 0 aromatic heterocycles. The van der Waals surface area contributed by atoms with Crippen molar-refractivity contribution in [1.29, 1.82) is 0 Å². The SMILES string of the molecule is CCN(CC)c1ccc(C=NNC(=O)C(NC(=O)c2ccccc2Cl)C(C)C)cc1[N+](=O)[O-]. The van der Waals surface area contributed by atoms with E-state index in [0.29, 0.717) is 24.3 Å². The molecule has 2 aromatic carbocycles. The van der Waals surface area contributed by atoms with Gasteiger partial charge < -0.3 is 10.2 Å². The summed E-state index contributed by atoms with van der Waals surface area (Å²) < 4.78 is 0. The van der Waals surface area contributed by atoms with Gasteiger partial charge in [-0.2, -0.15) is 5.10 Å². The first-order chi connectivity index (χ1) is 15.7. The lowest BCUT2D eigenvalue weighted by molar-refractivity contribution is -0.384. The lowest BCUT2D eigenvalue weighted by atomic mass is 10.0. The number of benzene rings is 2. The Morgan fingerprint density at radius 3 is 2.42 bits per heavy atom. The van der Waals surface area contributed by atoms with Gasteiger partial charge in [-0.05, 0) is 38.0 Å². The third-order valence-corrected chi connectivity index (χ3v) is 5.37. The number of hydrogen-bond acceptors (Lipinski definition) is 6. The third kappa shape index (κ3) is 6.76. The van der Waals surface area contributed by atoms with Crippen LogP contribution in [0, 0.1) is 16.0 Å². The first-order valence-electron chi connectivity index (χ1n) is 10.6. The van der Waals surface area contributed by atoms with Crippen LogP contribution < -0.4 is 15.6 Å². The van der Waals surface area contributed by atoms with Crippen LogP contribution in [0.25, 0.3) is 0 Å². The molecule has 2 aromatic rings. The predicted molar refractivity (Wildman–Crippen MR) is 130 cm³/mol. The van der Waals surface area contributed by atoms with Crippen molar-refractivity contribution in [2.75, 3.05) is 18.0 Å². The maximum Gasteiger partial charge on any atom is 0.293 e. The second-order valence-corrected chi connectivity index (χ2v) is 7.99. The van der Waals surface area contributed by atoms with Gasteiger partial charge in [-0.25, -0.2) is 5.43 Å². The van der Waals surface area contributed by atoms with E-state index in [1.165, 1.54) is 12.3 Å². The van der Waals surface area contributed by atoms with Crippen LogP contribution in [0.2, 0.25) is 5.02 Å². The molecule has 2 rings (SSSR count). The molecule has 2 amide bonds. The van der Waals surface area contributed by atoms with Crippen LogP contribution in [0.3, 0.4) is 0 Å². The van der Waals surface area contributed by atoms with E-state index in [4.69, 9.17) is 11.6 Å². The van der Waals surface area contributed by atoms with Crippen LogP contribution in [0.1, 0.15) is 43.6 Å². The van der Waals surface area contributed by atoms with Crippen molar-refractivity contribution in [1.82, 2.24) is 10.7 Å². The van der Waals surface area contributed by atoms with E-state index in [1.807, 2.05) is 18.7 Å². The molecule has 0 saturated heterocycles. The number of amides is 2. The molecule has 33 heavy (non-hydrogen) atoms. The first-order valence-corrected chi connectivity index (χ1v) is 11.0. The van der Waals surface area contributed by atoms with Crippen LogP contribution in [0.15, 0.2) is 47.6 Å². The van der Waals surface area contributed by atoms with Crippen molar-refractivity contribution in [3.63, 3.8) is 0 Å². The highest BCUT2D eigenvalue weighted by molar-refractivity contribution is 6.33. The van der Waals surface area contributed by atoms with E-state index in [1.54, 1.807) is 50.2 Å². The Morgan fingerprint density at radius 1 is 1.18 bits per heavy atom. The number of carbonyl (C=O) groups is 2. The van der Waals surface area contributed by atoms with Crippen molar-refractivity contribution in [3.05, 3.63) is 68.7 Å². The van der Waals surface area contributed by atoms with Crippen LogP contribution in [0.4, 0.5) is 11.4 Å². The molecular formula is C23H28ClN5O4. The van der Waals surface area contributed by atoms with Gasteiger partial charge in [-0.15, -0.1) is 0 Å². The second-order valence-electron chi connectivity index (χ2n) is 7.59. The van der Waals surface area contributed by atoms with Crippen molar-refractivity contribution in [2.24, 2.45) is 11.0 Å². The number of hydrazone groups is 1. The Morgan fingerprint density at radius 2 is 1.85 bits per heavy atom. The smallest absolute Gasteiger partial charge is 0.293 e. The molecule has 2 N–H and O–H groups in total. The van der Waals surface area contributed by atoms with Crippen LogP contribution in [-0.2, 0) is 4.79 Å². The average molecular weight is 474 g/mol. The van der Waals surface area contributed by atoms with E-state index >= 15 is 0 Å². The minimum atomic E-state index is -0.856. The molecule has 0 heterocycles. The fourth-order valence-electron chi connectivity index (χ4n) is 3.24. The molecule has 0 aliphatic rings. The van der Waals surface area contributed by atoms with Crippen molar-refractivity contribution < 1.29 is 14.5 Å². The Kier molecular flexibility index (Phi) is 9.35. The number of nitrogens with one attached hydrogen (secondary N) is 2.